The fourth-order valence-corrected chi connectivity index (χ4v) is 3.77. The number of rotatable bonds is 5. The van der Waals surface area contributed by atoms with E-state index < -0.39 is 0 Å². The van der Waals surface area contributed by atoms with Gasteiger partial charge in [-0.1, -0.05) is 29.3 Å². The normalized spacial score (nSPS) is 22.7. The van der Waals surface area contributed by atoms with Gasteiger partial charge in [-0.3, -0.25) is 4.79 Å². The van der Waals surface area contributed by atoms with E-state index in [-0.39, 0.29) is 11.9 Å². The number of amides is 1. The number of halogens is 2. The van der Waals surface area contributed by atoms with E-state index in [1.165, 1.54) is 12.8 Å². The van der Waals surface area contributed by atoms with Gasteiger partial charge in [-0.2, -0.15) is 0 Å². The van der Waals surface area contributed by atoms with Crippen LogP contribution in [0.1, 0.15) is 31.2 Å². The number of likely N-dealkylation sites (tertiary alicyclic amines) is 1. The van der Waals surface area contributed by atoms with Crippen LogP contribution in [0, 0.1) is 0 Å². The highest BCUT2D eigenvalue weighted by Gasteiger charge is 2.24. The molecular weight excluding hydrogens is 347 g/mol. The Morgan fingerprint density at radius 1 is 1.21 bits per heavy atom. The SMILES string of the molecule is O=C(Cc1ccc(Cl)c(Cl)c1)NC1CCN(C[C@@H]2CCCO2)CC1. The molecule has 1 aromatic carbocycles. The lowest BCUT2D eigenvalue weighted by Crippen LogP contribution is -2.46. The van der Waals surface area contributed by atoms with Gasteiger partial charge in [0, 0.05) is 32.3 Å². The molecule has 4 nitrogen and oxygen atoms in total. The van der Waals surface area contributed by atoms with Crippen LogP contribution in [-0.2, 0) is 16.0 Å². The van der Waals surface area contributed by atoms with Crippen molar-refractivity contribution in [1.82, 2.24) is 10.2 Å². The van der Waals surface area contributed by atoms with E-state index >= 15 is 0 Å². The van der Waals surface area contributed by atoms with Crippen LogP contribution in [0.2, 0.25) is 10.0 Å². The van der Waals surface area contributed by atoms with Gasteiger partial charge in [-0.25, -0.2) is 0 Å². The predicted octanol–water partition coefficient (Wildman–Crippen LogP) is 3.30. The van der Waals surface area contributed by atoms with Crippen LogP contribution in [0.3, 0.4) is 0 Å². The Hall–Kier alpha value is -0.810. The zero-order valence-corrected chi connectivity index (χ0v) is 15.3. The number of benzene rings is 1. The van der Waals surface area contributed by atoms with Crippen molar-refractivity contribution in [2.45, 2.75) is 44.2 Å². The van der Waals surface area contributed by atoms with E-state index in [2.05, 4.69) is 10.2 Å². The van der Waals surface area contributed by atoms with Crippen molar-refractivity contribution in [2.24, 2.45) is 0 Å². The van der Waals surface area contributed by atoms with Crippen LogP contribution >= 0.6 is 23.2 Å². The van der Waals surface area contributed by atoms with Crippen LogP contribution < -0.4 is 5.32 Å². The van der Waals surface area contributed by atoms with Gasteiger partial charge in [0.1, 0.15) is 0 Å². The summed E-state index contributed by atoms with van der Waals surface area (Å²) in [5.74, 6) is 0.0472. The molecule has 0 bridgehead atoms. The minimum Gasteiger partial charge on any atom is -0.377 e. The summed E-state index contributed by atoms with van der Waals surface area (Å²) in [6.45, 7) is 3.99. The molecule has 0 saturated carbocycles. The number of nitrogens with zero attached hydrogens (tertiary/aromatic N) is 1. The standard InChI is InChI=1S/C18H24Cl2N2O2/c19-16-4-3-13(10-17(16)20)11-18(23)21-14-5-7-22(8-6-14)12-15-2-1-9-24-15/h3-4,10,14-15H,1-2,5-9,11-12H2,(H,21,23)/t15-/m0/s1. The van der Waals surface area contributed by atoms with Gasteiger partial charge in [0.15, 0.2) is 0 Å². The number of ether oxygens (including phenoxy) is 1. The smallest absolute Gasteiger partial charge is 0.224 e. The van der Waals surface area contributed by atoms with E-state index in [1.807, 2.05) is 6.07 Å². The summed E-state index contributed by atoms with van der Waals surface area (Å²) in [5.41, 5.74) is 0.887. The molecule has 1 aromatic rings. The van der Waals surface area contributed by atoms with Crippen molar-refractivity contribution in [3.05, 3.63) is 33.8 Å². The highest BCUT2D eigenvalue weighted by atomic mass is 35.5. The fraction of sp³-hybridized carbons (Fsp3) is 0.611. The summed E-state index contributed by atoms with van der Waals surface area (Å²) in [4.78, 5) is 14.7. The first-order chi connectivity index (χ1) is 11.6. The van der Waals surface area contributed by atoms with Crippen molar-refractivity contribution in [3.63, 3.8) is 0 Å². The molecule has 2 heterocycles. The van der Waals surface area contributed by atoms with Crippen molar-refractivity contribution in [1.29, 1.82) is 0 Å². The molecular formula is C18H24Cl2N2O2. The molecule has 3 rings (SSSR count). The zero-order chi connectivity index (χ0) is 16.9. The molecule has 0 spiro atoms. The van der Waals surface area contributed by atoms with Crippen LogP contribution in [0.5, 0.6) is 0 Å². The highest BCUT2D eigenvalue weighted by molar-refractivity contribution is 6.42. The Morgan fingerprint density at radius 3 is 2.67 bits per heavy atom. The van der Waals surface area contributed by atoms with Gasteiger partial charge < -0.3 is 15.0 Å². The molecule has 1 N–H and O–H groups in total. The number of piperidine rings is 1. The van der Waals surface area contributed by atoms with Gasteiger partial charge in [0.25, 0.3) is 0 Å². The summed E-state index contributed by atoms with van der Waals surface area (Å²) in [6.07, 6.45) is 5.12. The van der Waals surface area contributed by atoms with Crippen LogP contribution in [0.15, 0.2) is 18.2 Å². The molecule has 1 atom stereocenters. The molecule has 0 aromatic heterocycles. The maximum atomic E-state index is 12.2. The average Bonchev–Trinajstić information content (AvgIpc) is 3.06. The van der Waals surface area contributed by atoms with E-state index in [0.29, 0.717) is 22.6 Å². The van der Waals surface area contributed by atoms with E-state index in [0.717, 1.165) is 44.6 Å². The second-order valence-electron chi connectivity index (χ2n) is 6.70. The maximum Gasteiger partial charge on any atom is 0.224 e. The highest BCUT2D eigenvalue weighted by Crippen LogP contribution is 2.23. The monoisotopic (exact) mass is 370 g/mol. The Kier molecular flexibility index (Phi) is 6.39. The van der Waals surface area contributed by atoms with Gasteiger partial charge in [-0.05, 0) is 43.4 Å². The molecule has 24 heavy (non-hydrogen) atoms. The second-order valence-corrected chi connectivity index (χ2v) is 7.52. The van der Waals surface area contributed by atoms with E-state index in [9.17, 15) is 4.79 Å². The number of hydrogen-bond donors (Lipinski definition) is 1. The van der Waals surface area contributed by atoms with Gasteiger partial charge in [0.2, 0.25) is 5.91 Å². The van der Waals surface area contributed by atoms with Gasteiger partial charge in [-0.15, -0.1) is 0 Å². The van der Waals surface area contributed by atoms with Crippen LogP contribution in [0.4, 0.5) is 0 Å². The van der Waals surface area contributed by atoms with Crippen molar-refractivity contribution in [3.8, 4) is 0 Å². The molecule has 0 radical (unpaired) electrons. The first-order valence-electron chi connectivity index (χ1n) is 8.67. The minimum atomic E-state index is 0.0472. The molecule has 6 heteroatoms. The summed E-state index contributed by atoms with van der Waals surface area (Å²) < 4.78 is 5.70. The van der Waals surface area contributed by atoms with Crippen LogP contribution in [0.25, 0.3) is 0 Å². The van der Waals surface area contributed by atoms with Gasteiger partial charge >= 0.3 is 0 Å². The summed E-state index contributed by atoms with van der Waals surface area (Å²) in [5, 5.41) is 4.15. The molecule has 2 aliphatic heterocycles. The Bertz CT molecular complexity index is 568. The Balaban J connectivity index is 1.40. The van der Waals surface area contributed by atoms with Crippen molar-refractivity contribution < 1.29 is 9.53 Å². The molecule has 0 aliphatic carbocycles. The first kappa shape index (κ1) is 18.0. The summed E-state index contributed by atoms with van der Waals surface area (Å²) >= 11 is 11.9. The van der Waals surface area contributed by atoms with Gasteiger partial charge in [0.05, 0.1) is 22.6 Å². The Labute approximate surface area is 153 Å². The average molecular weight is 371 g/mol. The third kappa shape index (κ3) is 5.09. The van der Waals surface area contributed by atoms with Crippen molar-refractivity contribution >= 4 is 29.1 Å². The largest absolute Gasteiger partial charge is 0.377 e. The number of carbonyl (C=O) groups is 1. The summed E-state index contributed by atoms with van der Waals surface area (Å²) in [7, 11) is 0. The molecule has 2 aliphatic rings. The Morgan fingerprint density at radius 2 is 2.00 bits per heavy atom. The third-order valence-electron chi connectivity index (χ3n) is 4.79. The lowest BCUT2D eigenvalue weighted by Gasteiger charge is -2.33. The maximum absolute atomic E-state index is 12.2. The fourth-order valence-electron chi connectivity index (χ4n) is 3.45. The molecule has 0 unspecified atom stereocenters. The third-order valence-corrected chi connectivity index (χ3v) is 5.53. The predicted molar refractivity (Wildman–Crippen MR) is 96.7 cm³/mol. The van der Waals surface area contributed by atoms with Crippen LogP contribution in [-0.4, -0.2) is 49.2 Å². The lowest BCUT2D eigenvalue weighted by molar-refractivity contribution is -0.121. The molecule has 1 amide bonds. The second kappa shape index (κ2) is 8.52. The minimum absolute atomic E-state index is 0.0472. The number of carbonyl (C=O) groups excluding carboxylic acids is 1. The zero-order valence-electron chi connectivity index (χ0n) is 13.8. The molecule has 2 fully saturated rings. The molecule has 2 saturated heterocycles. The lowest BCUT2D eigenvalue weighted by atomic mass is 10.0. The molecule has 132 valence electrons. The topological polar surface area (TPSA) is 41.6 Å². The van der Waals surface area contributed by atoms with E-state index in [1.54, 1.807) is 12.1 Å². The summed E-state index contributed by atoms with van der Waals surface area (Å²) in [6, 6.07) is 5.60. The number of nitrogens with one attached hydrogen (secondary N) is 1. The first-order valence-corrected chi connectivity index (χ1v) is 9.43. The quantitative estimate of drug-likeness (QED) is 0.864. The van der Waals surface area contributed by atoms with E-state index in [4.69, 9.17) is 27.9 Å². The van der Waals surface area contributed by atoms with Crippen molar-refractivity contribution in [2.75, 3.05) is 26.2 Å². The number of hydrogen-bond acceptors (Lipinski definition) is 3.